The molecular formula is C24H27ClN4O3. The number of benzene rings is 2. The van der Waals surface area contributed by atoms with Crippen LogP contribution in [0.5, 0.6) is 0 Å². The predicted molar refractivity (Wildman–Crippen MR) is 126 cm³/mol. The maximum absolute atomic E-state index is 13.0. The monoisotopic (exact) mass is 454 g/mol. The standard InChI is InChI=1S/C24H27ClN4O3/c1-2-27-13-5-6-19(27)14-26-22(30)16-29-21-8-4-3-7-20(21)28(23(31)24(29)32)15-17-9-11-18(25)12-10-17/h3-4,7-12,19H,2,5-6,13-16H2,1H3,(H,26,30). The number of likely N-dealkylation sites (tertiary alicyclic amines) is 1. The van der Waals surface area contributed by atoms with Crippen molar-refractivity contribution in [2.75, 3.05) is 19.6 Å². The lowest BCUT2D eigenvalue weighted by Crippen LogP contribution is -2.45. The van der Waals surface area contributed by atoms with E-state index in [4.69, 9.17) is 11.6 Å². The van der Waals surface area contributed by atoms with Crippen LogP contribution in [0.2, 0.25) is 5.02 Å². The minimum atomic E-state index is -0.705. The molecule has 7 nitrogen and oxygen atoms in total. The van der Waals surface area contributed by atoms with Crippen molar-refractivity contribution in [1.82, 2.24) is 19.4 Å². The zero-order chi connectivity index (χ0) is 22.7. The Morgan fingerprint density at radius 2 is 1.69 bits per heavy atom. The van der Waals surface area contributed by atoms with Gasteiger partial charge < -0.3 is 5.32 Å². The number of aromatic nitrogens is 2. The average molecular weight is 455 g/mol. The summed E-state index contributed by atoms with van der Waals surface area (Å²) in [5, 5.41) is 3.55. The largest absolute Gasteiger partial charge is 0.353 e. The molecule has 3 aromatic rings. The van der Waals surface area contributed by atoms with Gasteiger partial charge in [0.2, 0.25) is 5.91 Å². The number of carbonyl (C=O) groups is 1. The number of hydrogen-bond acceptors (Lipinski definition) is 4. The summed E-state index contributed by atoms with van der Waals surface area (Å²) in [6.07, 6.45) is 2.18. The lowest BCUT2D eigenvalue weighted by atomic mass is 10.2. The summed E-state index contributed by atoms with van der Waals surface area (Å²) in [6.45, 7) is 4.73. The first kappa shape index (κ1) is 22.3. The molecule has 168 valence electrons. The Morgan fingerprint density at radius 3 is 2.38 bits per heavy atom. The number of nitrogens with one attached hydrogen (secondary N) is 1. The molecule has 8 heteroatoms. The topological polar surface area (TPSA) is 76.3 Å². The Hall–Kier alpha value is -2.90. The molecule has 1 aliphatic rings. The number of carbonyl (C=O) groups excluding carboxylic acids is 1. The van der Waals surface area contributed by atoms with Gasteiger partial charge >= 0.3 is 11.1 Å². The molecule has 1 unspecified atom stereocenters. The fraction of sp³-hybridized carbons (Fsp3) is 0.375. The van der Waals surface area contributed by atoms with Crippen LogP contribution in [0, 0.1) is 0 Å². The summed E-state index contributed by atoms with van der Waals surface area (Å²) in [7, 11) is 0. The van der Waals surface area contributed by atoms with Crippen LogP contribution in [-0.4, -0.2) is 45.6 Å². The van der Waals surface area contributed by atoms with Crippen LogP contribution in [0.3, 0.4) is 0 Å². The van der Waals surface area contributed by atoms with E-state index in [9.17, 15) is 14.4 Å². The summed E-state index contributed by atoms with van der Waals surface area (Å²) in [5.74, 6) is -0.268. The van der Waals surface area contributed by atoms with E-state index in [0.717, 1.165) is 31.5 Å². The Bertz CT molecular complexity index is 1230. The first-order valence-corrected chi connectivity index (χ1v) is 11.3. The molecule has 0 spiro atoms. The van der Waals surface area contributed by atoms with Crippen molar-refractivity contribution >= 4 is 28.5 Å². The predicted octanol–water partition coefficient (Wildman–Crippen LogP) is 2.47. The van der Waals surface area contributed by atoms with Crippen molar-refractivity contribution in [2.45, 2.75) is 38.9 Å². The molecule has 1 aromatic heterocycles. The lowest BCUT2D eigenvalue weighted by molar-refractivity contribution is -0.121. The van der Waals surface area contributed by atoms with E-state index in [2.05, 4.69) is 17.1 Å². The van der Waals surface area contributed by atoms with Gasteiger partial charge in [-0.2, -0.15) is 0 Å². The van der Waals surface area contributed by atoms with Crippen molar-refractivity contribution in [1.29, 1.82) is 0 Å². The molecule has 32 heavy (non-hydrogen) atoms. The minimum absolute atomic E-state index is 0.185. The number of hydrogen-bond donors (Lipinski definition) is 1. The van der Waals surface area contributed by atoms with E-state index in [1.54, 1.807) is 30.3 Å². The molecule has 0 radical (unpaired) electrons. The van der Waals surface area contributed by atoms with Gasteiger partial charge in [-0.3, -0.25) is 28.4 Å². The number of amides is 1. The maximum Gasteiger partial charge on any atom is 0.317 e. The molecule has 2 heterocycles. The molecule has 2 aromatic carbocycles. The van der Waals surface area contributed by atoms with Crippen molar-refractivity contribution in [3.8, 4) is 0 Å². The van der Waals surface area contributed by atoms with Gasteiger partial charge in [0.05, 0.1) is 17.6 Å². The highest BCUT2D eigenvalue weighted by atomic mass is 35.5. The molecule has 1 fully saturated rings. The molecule has 0 bridgehead atoms. The Morgan fingerprint density at radius 1 is 1.03 bits per heavy atom. The molecule has 1 saturated heterocycles. The second-order valence-corrected chi connectivity index (χ2v) is 8.56. The molecule has 0 saturated carbocycles. The number of halogens is 1. The van der Waals surface area contributed by atoms with Crippen molar-refractivity contribution in [3.63, 3.8) is 0 Å². The van der Waals surface area contributed by atoms with Crippen molar-refractivity contribution in [3.05, 3.63) is 79.8 Å². The third-order valence-electron chi connectivity index (χ3n) is 6.13. The fourth-order valence-electron chi connectivity index (χ4n) is 4.43. The van der Waals surface area contributed by atoms with Crippen LogP contribution in [0.4, 0.5) is 0 Å². The highest BCUT2D eigenvalue weighted by molar-refractivity contribution is 6.30. The number of fused-ring (bicyclic) bond motifs is 1. The van der Waals surface area contributed by atoms with Gasteiger partial charge in [0.25, 0.3) is 0 Å². The van der Waals surface area contributed by atoms with Gasteiger partial charge in [0, 0.05) is 17.6 Å². The average Bonchev–Trinajstić information content (AvgIpc) is 3.27. The molecular weight excluding hydrogens is 428 g/mol. The van der Waals surface area contributed by atoms with E-state index in [-0.39, 0.29) is 19.0 Å². The van der Waals surface area contributed by atoms with Crippen LogP contribution in [0.1, 0.15) is 25.3 Å². The van der Waals surface area contributed by atoms with Crippen LogP contribution in [0.25, 0.3) is 11.0 Å². The Kier molecular flexibility index (Phi) is 6.77. The van der Waals surface area contributed by atoms with Gasteiger partial charge in [-0.25, -0.2) is 0 Å². The molecule has 1 aliphatic heterocycles. The summed E-state index contributed by atoms with van der Waals surface area (Å²) in [5.41, 5.74) is 0.655. The Balaban J connectivity index is 1.61. The second-order valence-electron chi connectivity index (χ2n) is 8.13. The van der Waals surface area contributed by atoms with Gasteiger partial charge in [0.15, 0.2) is 0 Å². The number of nitrogens with zero attached hydrogens (tertiary/aromatic N) is 3. The van der Waals surface area contributed by atoms with Crippen LogP contribution in [0.15, 0.2) is 58.1 Å². The summed E-state index contributed by atoms with van der Waals surface area (Å²) in [4.78, 5) is 40.9. The highest BCUT2D eigenvalue weighted by Crippen LogP contribution is 2.16. The number of rotatable bonds is 7. The normalized spacial score (nSPS) is 16.5. The molecule has 0 aliphatic carbocycles. The fourth-order valence-corrected chi connectivity index (χ4v) is 4.56. The maximum atomic E-state index is 13.0. The van der Waals surface area contributed by atoms with Gasteiger partial charge in [-0.1, -0.05) is 42.8 Å². The highest BCUT2D eigenvalue weighted by Gasteiger charge is 2.23. The van der Waals surface area contributed by atoms with E-state index in [0.29, 0.717) is 28.6 Å². The second kappa shape index (κ2) is 9.71. The van der Waals surface area contributed by atoms with E-state index >= 15 is 0 Å². The van der Waals surface area contributed by atoms with Crippen molar-refractivity contribution < 1.29 is 4.79 Å². The quantitative estimate of drug-likeness (QED) is 0.556. The van der Waals surface area contributed by atoms with Crippen LogP contribution < -0.4 is 16.4 Å². The van der Waals surface area contributed by atoms with Crippen molar-refractivity contribution in [2.24, 2.45) is 0 Å². The third kappa shape index (κ3) is 4.64. The molecule has 1 N–H and O–H groups in total. The Labute approximate surface area is 191 Å². The smallest absolute Gasteiger partial charge is 0.317 e. The molecule has 4 rings (SSSR count). The van der Waals surface area contributed by atoms with Crippen LogP contribution >= 0.6 is 11.6 Å². The summed E-state index contributed by atoms with van der Waals surface area (Å²) in [6, 6.07) is 14.6. The number of likely N-dealkylation sites (N-methyl/N-ethyl adjacent to an activating group) is 1. The summed E-state index contributed by atoms with van der Waals surface area (Å²) < 4.78 is 2.73. The van der Waals surface area contributed by atoms with E-state index < -0.39 is 11.1 Å². The van der Waals surface area contributed by atoms with Gasteiger partial charge in [0.1, 0.15) is 6.54 Å². The molecule has 1 atom stereocenters. The summed E-state index contributed by atoms with van der Waals surface area (Å²) >= 11 is 5.96. The first-order chi connectivity index (χ1) is 15.5. The molecule has 1 amide bonds. The zero-order valence-corrected chi connectivity index (χ0v) is 18.8. The number of para-hydroxylation sites is 2. The van der Waals surface area contributed by atoms with E-state index in [1.807, 2.05) is 18.2 Å². The minimum Gasteiger partial charge on any atom is -0.353 e. The SMILES string of the molecule is CCN1CCCC1CNC(=O)Cn1c(=O)c(=O)n(Cc2ccc(Cl)cc2)c2ccccc21. The van der Waals surface area contributed by atoms with Gasteiger partial charge in [-0.15, -0.1) is 0 Å². The first-order valence-electron chi connectivity index (χ1n) is 11.0. The third-order valence-corrected chi connectivity index (χ3v) is 6.38. The van der Waals surface area contributed by atoms with Crippen LogP contribution in [-0.2, 0) is 17.9 Å². The van der Waals surface area contributed by atoms with E-state index in [1.165, 1.54) is 9.13 Å². The zero-order valence-electron chi connectivity index (χ0n) is 18.1. The lowest BCUT2D eigenvalue weighted by Gasteiger charge is -2.23. The van der Waals surface area contributed by atoms with Gasteiger partial charge in [-0.05, 0) is 55.8 Å².